The summed E-state index contributed by atoms with van der Waals surface area (Å²) >= 11 is 6.31. The van der Waals surface area contributed by atoms with E-state index >= 15 is 0 Å². The molecule has 11 heteroatoms. The lowest BCUT2D eigenvalue weighted by Gasteiger charge is -2.20. The lowest BCUT2D eigenvalue weighted by Crippen LogP contribution is -2.14. The van der Waals surface area contributed by atoms with Gasteiger partial charge in [-0.2, -0.15) is 4.98 Å². The molecule has 0 aliphatic carbocycles. The van der Waals surface area contributed by atoms with Crippen molar-refractivity contribution >= 4 is 28.7 Å². The molecule has 1 aromatic carbocycles. The zero-order valence-corrected chi connectivity index (χ0v) is 20.9. The number of rotatable bonds is 11. The molecule has 2 atom stereocenters. The summed E-state index contributed by atoms with van der Waals surface area (Å²) in [6.07, 6.45) is 9.09. The SMILES string of the molecule is C#CC[C@H](C)CCCC(C)n1c(NCCO)nc2nc(-c3noc(=O)[nH]3)nc(-c3cccc(Cl)c3)c21. The van der Waals surface area contributed by atoms with Gasteiger partial charge in [0.15, 0.2) is 5.65 Å². The molecule has 4 aromatic rings. The molecule has 0 saturated heterocycles. The van der Waals surface area contributed by atoms with Crippen LogP contribution in [0.4, 0.5) is 5.95 Å². The quantitative estimate of drug-likeness (QED) is 0.255. The van der Waals surface area contributed by atoms with Gasteiger partial charge in [-0.3, -0.25) is 9.51 Å². The Kier molecular flexibility index (Phi) is 8.03. The van der Waals surface area contributed by atoms with E-state index in [9.17, 15) is 9.90 Å². The Hall–Kier alpha value is -3.68. The Morgan fingerprint density at radius 1 is 1.28 bits per heavy atom. The number of aliphatic hydroxyl groups is 1. The number of nitrogens with zero attached hydrogens (tertiary/aromatic N) is 5. The molecule has 0 aliphatic rings. The Labute approximate surface area is 213 Å². The number of aliphatic hydroxyl groups excluding tert-OH is 1. The van der Waals surface area contributed by atoms with Gasteiger partial charge in [0.25, 0.3) is 0 Å². The maximum atomic E-state index is 11.6. The van der Waals surface area contributed by atoms with Crippen LogP contribution >= 0.6 is 11.6 Å². The molecule has 3 N–H and O–H groups in total. The molecule has 4 rings (SSSR count). The summed E-state index contributed by atoms with van der Waals surface area (Å²) in [6, 6.07) is 7.36. The standard InChI is InChI=1S/C25H28ClN7O3/c1-4-7-15(2)8-5-9-16(3)33-20-19(17-10-6-11-18(26)14-17)28-22(23-31-25(35)36-32-23)29-21(20)30-24(33)27-12-13-34/h1,6,10-11,14-16,34H,5,7-9,12-13H2,2-3H3,(H,31,32,35)(H,27,28,29,30)/t15-,16?/m0/s1. The summed E-state index contributed by atoms with van der Waals surface area (Å²) < 4.78 is 6.71. The van der Waals surface area contributed by atoms with Crippen LogP contribution in [0.2, 0.25) is 5.02 Å². The molecule has 3 heterocycles. The predicted octanol–water partition coefficient (Wildman–Crippen LogP) is 4.28. The molecule has 188 valence electrons. The second-order valence-corrected chi connectivity index (χ2v) is 9.21. The minimum Gasteiger partial charge on any atom is -0.395 e. The van der Waals surface area contributed by atoms with Gasteiger partial charge in [-0.25, -0.2) is 14.8 Å². The van der Waals surface area contributed by atoms with Gasteiger partial charge < -0.3 is 15.0 Å². The van der Waals surface area contributed by atoms with Crippen molar-refractivity contribution < 1.29 is 9.63 Å². The number of benzene rings is 1. The number of hydrogen-bond acceptors (Lipinski definition) is 8. The van der Waals surface area contributed by atoms with Gasteiger partial charge in [-0.05, 0) is 37.8 Å². The zero-order valence-electron chi connectivity index (χ0n) is 20.2. The maximum absolute atomic E-state index is 11.6. The third-order valence-corrected chi connectivity index (χ3v) is 6.15. The molecule has 0 aliphatic heterocycles. The van der Waals surface area contributed by atoms with Crippen LogP contribution in [-0.2, 0) is 0 Å². The lowest BCUT2D eigenvalue weighted by molar-refractivity contribution is 0.310. The van der Waals surface area contributed by atoms with Crippen LogP contribution in [0.3, 0.4) is 0 Å². The topological polar surface area (TPSA) is 135 Å². The first-order valence-corrected chi connectivity index (χ1v) is 12.2. The van der Waals surface area contributed by atoms with Gasteiger partial charge in [0.1, 0.15) is 11.2 Å². The van der Waals surface area contributed by atoms with E-state index in [2.05, 4.69) is 49.3 Å². The molecule has 3 aromatic heterocycles. The molecule has 10 nitrogen and oxygen atoms in total. The monoisotopic (exact) mass is 509 g/mol. The van der Waals surface area contributed by atoms with E-state index in [0.29, 0.717) is 40.3 Å². The lowest BCUT2D eigenvalue weighted by atomic mass is 9.99. The first-order chi connectivity index (χ1) is 17.4. The summed E-state index contributed by atoms with van der Waals surface area (Å²) in [5.41, 5.74) is 2.45. The second kappa shape index (κ2) is 11.4. The van der Waals surface area contributed by atoms with Crippen molar-refractivity contribution in [1.82, 2.24) is 29.7 Å². The highest BCUT2D eigenvalue weighted by molar-refractivity contribution is 6.30. The zero-order chi connectivity index (χ0) is 25.7. The molecule has 0 amide bonds. The number of aromatic amines is 1. The van der Waals surface area contributed by atoms with Crippen molar-refractivity contribution in [3.63, 3.8) is 0 Å². The number of aromatic nitrogens is 6. The summed E-state index contributed by atoms with van der Waals surface area (Å²) in [4.78, 5) is 28.1. The van der Waals surface area contributed by atoms with E-state index in [1.165, 1.54) is 0 Å². The average Bonchev–Trinajstić information content (AvgIpc) is 3.45. The molecule has 0 radical (unpaired) electrons. The van der Waals surface area contributed by atoms with Crippen LogP contribution < -0.4 is 11.1 Å². The van der Waals surface area contributed by atoms with Crippen LogP contribution in [0.15, 0.2) is 33.6 Å². The van der Waals surface area contributed by atoms with E-state index in [-0.39, 0.29) is 24.3 Å². The van der Waals surface area contributed by atoms with Crippen molar-refractivity contribution in [3.05, 3.63) is 39.8 Å². The van der Waals surface area contributed by atoms with Gasteiger partial charge >= 0.3 is 5.76 Å². The highest BCUT2D eigenvalue weighted by atomic mass is 35.5. The van der Waals surface area contributed by atoms with Crippen LogP contribution in [0.5, 0.6) is 0 Å². The van der Waals surface area contributed by atoms with Crippen molar-refractivity contribution in [2.75, 3.05) is 18.5 Å². The number of terminal acetylenes is 1. The van der Waals surface area contributed by atoms with E-state index < -0.39 is 5.76 Å². The smallest absolute Gasteiger partial charge is 0.395 e. The third-order valence-electron chi connectivity index (χ3n) is 5.92. The molecule has 0 spiro atoms. The first-order valence-electron chi connectivity index (χ1n) is 11.8. The Balaban J connectivity index is 1.86. The van der Waals surface area contributed by atoms with Gasteiger partial charge in [-0.1, -0.05) is 42.2 Å². The van der Waals surface area contributed by atoms with Crippen LogP contribution in [0.1, 0.15) is 45.6 Å². The van der Waals surface area contributed by atoms with Crippen LogP contribution in [0, 0.1) is 18.3 Å². The fourth-order valence-corrected chi connectivity index (χ4v) is 4.38. The third kappa shape index (κ3) is 5.58. The summed E-state index contributed by atoms with van der Waals surface area (Å²) in [5, 5.41) is 16.9. The fourth-order valence-electron chi connectivity index (χ4n) is 4.19. The van der Waals surface area contributed by atoms with E-state index in [1.807, 2.05) is 18.2 Å². The van der Waals surface area contributed by atoms with Crippen LogP contribution in [-0.4, -0.2) is 47.9 Å². The largest absolute Gasteiger partial charge is 0.439 e. The number of halogens is 1. The number of fused-ring (bicyclic) bond motifs is 1. The maximum Gasteiger partial charge on any atom is 0.439 e. The Bertz CT molecular complexity index is 1440. The van der Waals surface area contributed by atoms with E-state index in [1.54, 1.807) is 6.07 Å². The highest BCUT2D eigenvalue weighted by Crippen LogP contribution is 2.35. The molecular weight excluding hydrogens is 482 g/mol. The summed E-state index contributed by atoms with van der Waals surface area (Å²) in [6.45, 7) is 4.53. The highest BCUT2D eigenvalue weighted by Gasteiger charge is 2.24. The summed E-state index contributed by atoms with van der Waals surface area (Å²) in [5.74, 6) is 3.30. The van der Waals surface area contributed by atoms with Gasteiger partial charge in [-0.15, -0.1) is 12.3 Å². The van der Waals surface area contributed by atoms with Gasteiger partial charge in [0.05, 0.1) is 6.61 Å². The number of imidazole rings is 1. The molecule has 0 fully saturated rings. The Morgan fingerprint density at radius 2 is 2.11 bits per heavy atom. The Morgan fingerprint density at radius 3 is 2.81 bits per heavy atom. The number of hydrogen-bond donors (Lipinski definition) is 3. The fraction of sp³-hybridized carbons (Fsp3) is 0.400. The minimum atomic E-state index is -0.707. The second-order valence-electron chi connectivity index (χ2n) is 8.77. The normalized spacial score (nSPS) is 13.0. The molecule has 1 unspecified atom stereocenters. The average molecular weight is 510 g/mol. The van der Waals surface area contributed by atoms with Crippen molar-refractivity contribution in [2.24, 2.45) is 5.92 Å². The number of anilines is 1. The number of H-pyrrole nitrogens is 1. The van der Waals surface area contributed by atoms with E-state index in [4.69, 9.17) is 28.0 Å². The van der Waals surface area contributed by atoms with Crippen LogP contribution in [0.25, 0.3) is 34.1 Å². The van der Waals surface area contributed by atoms with Gasteiger partial charge in [0.2, 0.25) is 17.6 Å². The van der Waals surface area contributed by atoms with Gasteiger partial charge in [0, 0.05) is 29.6 Å². The van der Waals surface area contributed by atoms with E-state index in [0.717, 1.165) is 31.2 Å². The predicted molar refractivity (Wildman–Crippen MR) is 139 cm³/mol. The molecule has 0 saturated carbocycles. The molecule has 36 heavy (non-hydrogen) atoms. The molecular formula is C25H28ClN7O3. The minimum absolute atomic E-state index is 0.0356. The number of nitrogens with one attached hydrogen (secondary N) is 2. The first kappa shape index (κ1) is 25.4. The van der Waals surface area contributed by atoms with Crippen molar-refractivity contribution in [2.45, 2.75) is 45.6 Å². The van der Waals surface area contributed by atoms with Crippen molar-refractivity contribution in [3.8, 4) is 35.2 Å². The molecule has 0 bridgehead atoms. The van der Waals surface area contributed by atoms with Crippen molar-refractivity contribution in [1.29, 1.82) is 0 Å². The summed E-state index contributed by atoms with van der Waals surface area (Å²) in [7, 11) is 0.